The van der Waals surface area contributed by atoms with Crippen LogP contribution in [0.4, 0.5) is 10.2 Å². The van der Waals surface area contributed by atoms with E-state index < -0.39 is 11.9 Å². The molecule has 5 rings (SSSR count). The van der Waals surface area contributed by atoms with Crippen molar-refractivity contribution in [1.82, 2.24) is 25.2 Å². The number of aromatic nitrogens is 4. The Morgan fingerprint density at radius 1 is 1.21 bits per heavy atom. The molecule has 2 aliphatic heterocycles. The molecule has 1 N–H and O–H groups in total. The van der Waals surface area contributed by atoms with E-state index in [1.54, 1.807) is 18.6 Å². The zero-order chi connectivity index (χ0) is 23.7. The first-order valence-corrected chi connectivity index (χ1v) is 11.3. The van der Waals surface area contributed by atoms with E-state index in [1.165, 1.54) is 17.2 Å². The lowest BCUT2D eigenvalue weighted by Gasteiger charge is -2.34. The first-order chi connectivity index (χ1) is 16.5. The van der Waals surface area contributed by atoms with Crippen LogP contribution < -0.4 is 4.90 Å². The van der Waals surface area contributed by atoms with Gasteiger partial charge in [-0.3, -0.25) is 14.7 Å². The van der Waals surface area contributed by atoms with Crippen molar-refractivity contribution in [3.63, 3.8) is 0 Å². The molecule has 2 aromatic heterocycles. The van der Waals surface area contributed by atoms with Gasteiger partial charge in [0.2, 0.25) is 5.91 Å². The molecule has 174 valence electrons. The largest absolute Gasteiger partial charge is 0.356 e. The Balaban J connectivity index is 1.26. The standard InChI is InChI=1S/C24H24FN7O2/c1-15-20(13-29-30-15)21-11-23(28-14-27-21)31-5-2-17(3-6-31)24(33)32-22(4-7-34-32)18-8-16(12-26)9-19(25)10-18/h8-11,13-14,17,22H,2-7H2,1H3,(H,29,30)/t22-/m0/s1. The molecule has 0 spiro atoms. The van der Waals surface area contributed by atoms with E-state index in [0.29, 0.717) is 44.5 Å². The van der Waals surface area contributed by atoms with Crippen molar-refractivity contribution in [2.75, 3.05) is 24.6 Å². The van der Waals surface area contributed by atoms with Crippen LogP contribution in [0.1, 0.15) is 42.1 Å². The average Bonchev–Trinajstić information content (AvgIpc) is 3.52. The van der Waals surface area contributed by atoms with E-state index >= 15 is 0 Å². The van der Waals surface area contributed by atoms with E-state index in [0.717, 1.165) is 22.8 Å². The SMILES string of the molecule is Cc1[nH]ncc1-c1cc(N2CCC(C(=O)N3OCC[C@H]3c3cc(F)cc(C#N)c3)CC2)ncn1. The number of aromatic amines is 1. The number of hydrogen-bond donors (Lipinski definition) is 1. The summed E-state index contributed by atoms with van der Waals surface area (Å²) in [4.78, 5) is 29.9. The molecular weight excluding hydrogens is 437 g/mol. The van der Waals surface area contributed by atoms with Crippen LogP contribution in [0.3, 0.4) is 0 Å². The van der Waals surface area contributed by atoms with Gasteiger partial charge in [0.25, 0.3) is 0 Å². The summed E-state index contributed by atoms with van der Waals surface area (Å²) in [6, 6.07) is 7.70. The van der Waals surface area contributed by atoms with E-state index in [4.69, 9.17) is 10.1 Å². The molecule has 0 saturated carbocycles. The molecule has 0 aliphatic carbocycles. The minimum Gasteiger partial charge on any atom is -0.356 e. The monoisotopic (exact) mass is 461 g/mol. The number of benzene rings is 1. The molecule has 4 heterocycles. The normalized spacial score (nSPS) is 18.8. The van der Waals surface area contributed by atoms with Gasteiger partial charge in [-0.25, -0.2) is 19.4 Å². The zero-order valence-corrected chi connectivity index (χ0v) is 18.7. The second kappa shape index (κ2) is 9.19. The third-order valence-electron chi connectivity index (χ3n) is 6.48. The van der Waals surface area contributed by atoms with Gasteiger partial charge in [-0.1, -0.05) is 0 Å². The summed E-state index contributed by atoms with van der Waals surface area (Å²) >= 11 is 0. The van der Waals surface area contributed by atoms with E-state index in [9.17, 15) is 9.18 Å². The summed E-state index contributed by atoms with van der Waals surface area (Å²) in [6.45, 7) is 3.67. The number of nitrogens with zero attached hydrogens (tertiary/aromatic N) is 6. The topological polar surface area (TPSA) is 111 Å². The number of hydroxylamine groups is 2. The Morgan fingerprint density at radius 3 is 2.76 bits per heavy atom. The van der Waals surface area contributed by atoms with E-state index in [-0.39, 0.29) is 17.4 Å². The van der Waals surface area contributed by atoms with Crippen LogP contribution in [0.25, 0.3) is 11.3 Å². The fourth-order valence-corrected chi connectivity index (χ4v) is 4.67. The van der Waals surface area contributed by atoms with Crippen molar-refractivity contribution in [1.29, 1.82) is 5.26 Å². The molecule has 2 aliphatic rings. The summed E-state index contributed by atoms with van der Waals surface area (Å²) in [6.07, 6.45) is 5.17. The predicted octanol–water partition coefficient (Wildman–Crippen LogP) is 3.31. The molecule has 9 nitrogen and oxygen atoms in total. The van der Waals surface area contributed by atoms with Gasteiger partial charge in [0.05, 0.1) is 36.2 Å². The Labute approximate surface area is 196 Å². The second-order valence-corrected chi connectivity index (χ2v) is 8.62. The number of piperidine rings is 1. The summed E-state index contributed by atoms with van der Waals surface area (Å²) in [5.41, 5.74) is 3.49. The number of carbonyl (C=O) groups is 1. The second-order valence-electron chi connectivity index (χ2n) is 8.62. The number of nitriles is 1. The van der Waals surface area contributed by atoms with Crippen LogP contribution in [0.2, 0.25) is 0 Å². The first kappa shape index (κ1) is 22.0. The Hall–Kier alpha value is -3.84. The van der Waals surface area contributed by atoms with E-state index in [1.807, 2.05) is 19.1 Å². The van der Waals surface area contributed by atoms with Crippen LogP contribution in [-0.2, 0) is 9.63 Å². The van der Waals surface area contributed by atoms with Crippen molar-refractivity contribution in [2.24, 2.45) is 5.92 Å². The van der Waals surface area contributed by atoms with Crippen LogP contribution in [-0.4, -0.2) is 50.8 Å². The molecule has 10 heteroatoms. The van der Waals surface area contributed by atoms with E-state index in [2.05, 4.69) is 25.1 Å². The highest BCUT2D eigenvalue weighted by Gasteiger charge is 2.37. The van der Waals surface area contributed by atoms with Crippen LogP contribution >= 0.6 is 0 Å². The first-order valence-electron chi connectivity index (χ1n) is 11.3. The molecule has 1 atom stereocenters. The van der Waals surface area contributed by atoms with Crippen molar-refractivity contribution < 1.29 is 14.0 Å². The van der Waals surface area contributed by atoms with Crippen LogP contribution in [0.5, 0.6) is 0 Å². The average molecular weight is 462 g/mol. The molecule has 0 radical (unpaired) electrons. The summed E-state index contributed by atoms with van der Waals surface area (Å²) in [5.74, 6) is 0.0349. The quantitative estimate of drug-likeness (QED) is 0.635. The minimum atomic E-state index is -0.489. The maximum atomic E-state index is 14.0. The van der Waals surface area contributed by atoms with Gasteiger partial charge in [0.1, 0.15) is 18.0 Å². The number of anilines is 1. The lowest BCUT2D eigenvalue weighted by molar-refractivity contribution is -0.182. The third-order valence-corrected chi connectivity index (χ3v) is 6.48. The summed E-state index contributed by atoms with van der Waals surface area (Å²) in [7, 11) is 0. The number of hydrogen-bond acceptors (Lipinski definition) is 7. The fraction of sp³-hybridized carbons (Fsp3) is 0.375. The highest BCUT2D eigenvalue weighted by atomic mass is 19.1. The molecule has 0 unspecified atom stereocenters. The molecule has 34 heavy (non-hydrogen) atoms. The summed E-state index contributed by atoms with van der Waals surface area (Å²) in [5, 5.41) is 17.5. The highest BCUT2D eigenvalue weighted by molar-refractivity contribution is 5.79. The Kier molecular flexibility index (Phi) is 5.94. The lowest BCUT2D eigenvalue weighted by atomic mass is 9.94. The fourth-order valence-electron chi connectivity index (χ4n) is 4.67. The maximum absolute atomic E-state index is 14.0. The minimum absolute atomic E-state index is 0.0951. The summed E-state index contributed by atoms with van der Waals surface area (Å²) < 4.78 is 14.0. The Morgan fingerprint density at radius 2 is 2.03 bits per heavy atom. The van der Waals surface area contributed by atoms with Gasteiger partial charge in [-0.05, 0) is 43.5 Å². The van der Waals surface area contributed by atoms with Crippen molar-refractivity contribution in [3.05, 3.63) is 59.4 Å². The predicted molar refractivity (Wildman–Crippen MR) is 121 cm³/mol. The molecule has 1 amide bonds. The van der Waals surface area contributed by atoms with Crippen LogP contribution in [0.15, 0.2) is 36.8 Å². The number of carbonyl (C=O) groups excluding carboxylic acids is 1. The smallest absolute Gasteiger partial charge is 0.249 e. The molecule has 3 aromatic rings. The van der Waals surface area contributed by atoms with Gasteiger partial charge in [-0.2, -0.15) is 10.4 Å². The van der Waals surface area contributed by atoms with Crippen LogP contribution in [0, 0.1) is 30.0 Å². The van der Waals surface area contributed by atoms with Gasteiger partial charge in [0, 0.05) is 42.8 Å². The molecule has 0 bridgehead atoms. The van der Waals surface area contributed by atoms with Crippen molar-refractivity contribution in [3.8, 4) is 17.3 Å². The van der Waals surface area contributed by atoms with Gasteiger partial charge in [-0.15, -0.1) is 0 Å². The molecule has 2 fully saturated rings. The number of amides is 1. The van der Waals surface area contributed by atoms with Gasteiger partial charge < -0.3 is 4.90 Å². The maximum Gasteiger partial charge on any atom is 0.249 e. The molecule has 2 saturated heterocycles. The third kappa shape index (κ3) is 4.22. The highest BCUT2D eigenvalue weighted by Crippen LogP contribution is 2.35. The molecule has 1 aromatic carbocycles. The molecular formula is C24H24FN7O2. The van der Waals surface area contributed by atoms with Crippen molar-refractivity contribution >= 4 is 11.7 Å². The Bertz CT molecular complexity index is 1250. The number of rotatable bonds is 4. The van der Waals surface area contributed by atoms with Gasteiger partial charge >= 0.3 is 0 Å². The zero-order valence-electron chi connectivity index (χ0n) is 18.7. The number of halogens is 1. The lowest BCUT2D eigenvalue weighted by Crippen LogP contribution is -2.42. The number of nitrogens with one attached hydrogen (secondary N) is 1. The number of aryl methyl sites for hydroxylation is 1. The van der Waals surface area contributed by atoms with Crippen molar-refractivity contribution in [2.45, 2.75) is 32.2 Å². The number of H-pyrrole nitrogens is 1. The van der Waals surface area contributed by atoms with Gasteiger partial charge in [0.15, 0.2) is 0 Å².